The lowest BCUT2D eigenvalue weighted by molar-refractivity contribution is 0.0774. The van der Waals surface area contributed by atoms with Crippen LogP contribution in [-0.4, -0.2) is 29.8 Å². The van der Waals surface area contributed by atoms with Crippen LogP contribution in [0, 0.1) is 11.3 Å². The average molecular weight is 237 g/mol. The molecule has 0 unspecified atom stereocenters. The van der Waals surface area contributed by atoms with Crippen molar-refractivity contribution < 1.29 is 4.79 Å². The van der Waals surface area contributed by atoms with Gasteiger partial charge in [-0.25, -0.2) is 0 Å². The summed E-state index contributed by atoms with van der Waals surface area (Å²) >= 11 is 5.62. The second-order valence-corrected chi connectivity index (χ2v) is 3.64. The summed E-state index contributed by atoms with van der Waals surface area (Å²) in [6.45, 7) is 3.04. The maximum Gasteiger partial charge on any atom is 0.253 e. The van der Waals surface area contributed by atoms with Crippen LogP contribution >= 0.6 is 11.6 Å². The van der Waals surface area contributed by atoms with Gasteiger partial charge in [-0.3, -0.25) is 4.79 Å². The quantitative estimate of drug-likeness (QED) is 0.753. The van der Waals surface area contributed by atoms with Crippen LogP contribution in [0.1, 0.15) is 22.8 Å². The Morgan fingerprint density at radius 1 is 1.56 bits per heavy atom. The van der Waals surface area contributed by atoms with Crippen molar-refractivity contribution in [2.45, 2.75) is 6.92 Å². The molecule has 16 heavy (non-hydrogen) atoms. The van der Waals surface area contributed by atoms with Gasteiger partial charge in [0.2, 0.25) is 0 Å². The number of alkyl halides is 1. The normalized spacial score (nSPS) is 9.56. The minimum absolute atomic E-state index is 0.0831. The fourth-order valence-corrected chi connectivity index (χ4v) is 1.61. The summed E-state index contributed by atoms with van der Waals surface area (Å²) in [4.78, 5) is 13.6. The van der Waals surface area contributed by atoms with Crippen molar-refractivity contribution in [3.63, 3.8) is 0 Å². The van der Waals surface area contributed by atoms with Crippen LogP contribution in [0.15, 0.2) is 24.3 Å². The zero-order valence-corrected chi connectivity index (χ0v) is 9.87. The summed E-state index contributed by atoms with van der Waals surface area (Å²) in [6, 6.07) is 8.70. The first kappa shape index (κ1) is 12.5. The number of amides is 1. The van der Waals surface area contributed by atoms with Crippen LogP contribution in [0.4, 0.5) is 0 Å². The van der Waals surface area contributed by atoms with E-state index >= 15 is 0 Å². The van der Waals surface area contributed by atoms with Gasteiger partial charge in [0.15, 0.2) is 0 Å². The lowest BCUT2D eigenvalue weighted by Gasteiger charge is -2.19. The molecule has 1 aromatic rings. The van der Waals surface area contributed by atoms with Gasteiger partial charge in [-0.05, 0) is 25.1 Å². The number of halogens is 1. The summed E-state index contributed by atoms with van der Waals surface area (Å²) in [5.74, 6) is 0.331. The topological polar surface area (TPSA) is 44.1 Å². The van der Waals surface area contributed by atoms with Gasteiger partial charge in [0.25, 0.3) is 5.91 Å². The predicted octanol–water partition coefficient (Wildman–Crippen LogP) is 2.26. The van der Waals surface area contributed by atoms with Crippen molar-refractivity contribution in [3.8, 4) is 6.07 Å². The first-order chi connectivity index (χ1) is 7.72. The molecular formula is C12H13ClN2O. The van der Waals surface area contributed by atoms with E-state index in [2.05, 4.69) is 0 Å². The van der Waals surface area contributed by atoms with Crippen LogP contribution in [0.3, 0.4) is 0 Å². The van der Waals surface area contributed by atoms with Crippen LogP contribution in [-0.2, 0) is 0 Å². The molecule has 0 aromatic heterocycles. The molecule has 0 N–H and O–H groups in total. The molecule has 1 amide bonds. The zero-order valence-electron chi connectivity index (χ0n) is 9.11. The first-order valence-electron chi connectivity index (χ1n) is 5.08. The van der Waals surface area contributed by atoms with E-state index in [-0.39, 0.29) is 5.91 Å². The van der Waals surface area contributed by atoms with Gasteiger partial charge in [-0.1, -0.05) is 6.07 Å². The van der Waals surface area contributed by atoms with Crippen molar-refractivity contribution in [1.82, 2.24) is 4.90 Å². The van der Waals surface area contributed by atoms with E-state index in [1.165, 1.54) is 0 Å². The Bertz CT molecular complexity index is 412. The molecule has 0 spiro atoms. The summed E-state index contributed by atoms with van der Waals surface area (Å²) < 4.78 is 0. The SMILES string of the molecule is CCN(CCCl)C(=O)c1cccc(C#N)c1. The Balaban J connectivity index is 2.90. The van der Waals surface area contributed by atoms with E-state index in [9.17, 15) is 4.79 Å². The van der Waals surface area contributed by atoms with Crippen molar-refractivity contribution in [2.75, 3.05) is 19.0 Å². The van der Waals surface area contributed by atoms with E-state index in [1.807, 2.05) is 13.0 Å². The summed E-state index contributed by atoms with van der Waals surface area (Å²) in [6.07, 6.45) is 0. The van der Waals surface area contributed by atoms with Gasteiger partial charge in [-0.2, -0.15) is 5.26 Å². The molecule has 0 heterocycles. The predicted molar refractivity (Wildman–Crippen MR) is 63.5 cm³/mol. The number of nitriles is 1. The second kappa shape index (κ2) is 6.14. The Labute approximate surface area is 100 Å². The molecule has 3 nitrogen and oxygen atoms in total. The molecule has 0 saturated heterocycles. The minimum Gasteiger partial charge on any atom is -0.338 e. The van der Waals surface area contributed by atoms with Gasteiger partial charge >= 0.3 is 0 Å². The highest BCUT2D eigenvalue weighted by atomic mass is 35.5. The van der Waals surface area contributed by atoms with Crippen LogP contribution in [0.2, 0.25) is 0 Å². The Hall–Kier alpha value is -1.53. The van der Waals surface area contributed by atoms with Crippen LogP contribution in [0.25, 0.3) is 0 Å². The maximum absolute atomic E-state index is 12.0. The summed E-state index contributed by atoms with van der Waals surface area (Å²) in [7, 11) is 0. The standard InChI is InChI=1S/C12H13ClN2O/c1-2-15(7-6-13)12(16)11-5-3-4-10(8-11)9-14/h3-5,8H,2,6-7H2,1H3. The highest BCUT2D eigenvalue weighted by molar-refractivity contribution is 6.18. The van der Waals surface area contributed by atoms with Crippen molar-refractivity contribution in [2.24, 2.45) is 0 Å². The van der Waals surface area contributed by atoms with Gasteiger partial charge in [0.1, 0.15) is 0 Å². The largest absolute Gasteiger partial charge is 0.338 e. The van der Waals surface area contributed by atoms with Crippen LogP contribution < -0.4 is 0 Å². The smallest absolute Gasteiger partial charge is 0.253 e. The van der Waals surface area contributed by atoms with Gasteiger partial charge in [0, 0.05) is 24.5 Å². The number of carbonyl (C=O) groups excluding carboxylic acids is 1. The molecule has 1 aromatic carbocycles. The van der Waals surface area contributed by atoms with Crippen LogP contribution in [0.5, 0.6) is 0 Å². The highest BCUT2D eigenvalue weighted by Gasteiger charge is 2.13. The number of hydrogen-bond acceptors (Lipinski definition) is 2. The second-order valence-electron chi connectivity index (χ2n) is 3.27. The third-order valence-electron chi connectivity index (χ3n) is 2.26. The van der Waals surface area contributed by atoms with E-state index in [0.717, 1.165) is 0 Å². The molecule has 0 aliphatic heterocycles. The molecular weight excluding hydrogens is 224 g/mol. The third-order valence-corrected chi connectivity index (χ3v) is 2.43. The molecule has 4 heteroatoms. The van der Waals surface area contributed by atoms with Gasteiger partial charge in [-0.15, -0.1) is 11.6 Å². The number of carbonyl (C=O) groups is 1. The monoisotopic (exact) mass is 236 g/mol. The fourth-order valence-electron chi connectivity index (χ4n) is 1.41. The molecule has 0 radical (unpaired) electrons. The molecule has 0 atom stereocenters. The molecule has 84 valence electrons. The Morgan fingerprint density at radius 2 is 2.31 bits per heavy atom. The Morgan fingerprint density at radius 3 is 2.88 bits per heavy atom. The van der Waals surface area contributed by atoms with E-state index in [1.54, 1.807) is 29.2 Å². The average Bonchev–Trinajstić information content (AvgIpc) is 2.35. The minimum atomic E-state index is -0.0831. The van der Waals surface area contributed by atoms with E-state index in [0.29, 0.717) is 30.1 Å². The lowest BCUT2D eigenvalue weighted by Crippen LogP contribution is -2.32. The van der Waals surface area contributed by atoms with Crippen molar-refractivity contribution in [3.05, 3.63) is 35.4 Å². The number of hydrogen-bond donors (Lipinski definition) is 0. The fraction of sp³-hybridized carbons (Fsp3) is 0.333. The summed E-state index contributed by atoms with van der Waals surface area (Å²) in [5.41, 5.74) is 1.03. The zero-order chi connectivity index (χ0) is 12.0. The molecule has 0 aliphatic rings. The summed E-state index contributed by atoms with van der Waals surface area (Å²) in [5, 5.41) is 8.75. The number of nitrogens with zero attached hydrogens (tertiary/aromatic N) is 2. The molecule has 0 fully saturated rings. The van der Waals surface area contributed by atoms with E-state index < -0.39 is 0 Å². The van der Waals surface area contributed by atoms with Crippen molar-refractivity contribution >= 4 is 17.5 Å². The molecule has 1 rings (SSSR count). The van der Waals surface area contributed by atoms with Crippen molar-refractivity contribution in [1.29, 1.82) is 5.26 Å². The molecule has 0 saturated carbocycles. The molecule has 0 bridgehead atoms. The highest BCUT2D eigenvalue weighted by Crippen LogP contribution is 2.08. The third kappa shape index (κ3) is 2.98. The maximum atomic E-state index is 12.0. The van der Waals surface area contributed by atoms with Gasteiger partial charge < -0.3 is 4.90 Å². The first-order valence-corrected chi connectivity index (χ1v) is 5.61. The number of rotatable bonds is 4. The number of benzene rings is 1. The molecule has 0 aliphatic carbocycles. The Kier molecular flexibility index (Phi) is 4.81. The van der Waals surface area contributed by atoms with E-state index in [4.69, 9.17) is 16.9 Å². The lowest BCUT2D eigenvalue weighted by atomic mass is 10.1. The van der Waals surface area contributed by atoms with Gasteiger partial charge in [0.05, 0.1) is 11.6 Å².